The minimum absolute atomic E-state index is 0.178. The van der Waals surface area contributed by atoms with Gasteiger partial charge in [-0.3, -0.25) is 0 Å². The van der Waals surface area contributed by atoms with Crippen LogP contribution in [0.5, 0.6) is 0 Å². The molecule has 94 valence electrons. The molecule has 1 heterocycles. The van der Waals surface area contributed by atoms with Crippen LogP contribution in [0.4, 0.5) is 0 Å². The zero-order valence-corrected chi connectivity index (χ0v) is 11.3. The highest BCUT2D eigenvalue weighted by Gasteiger charge is 2.35. The van der Waals surface area contributed by atoms with Crippen LogP contribution in [0.2, 0.25) is 0 Å². The molecule has 5 nitrogen and oxygen atoms in total. The molecular formula is C9H19N3O2S2. The monoisotopic (exact) mass is 265 g/mol. The lowest BCUT2D eigenvalue weighted by Gasteiger charge is -2.30. The average Bonchev–Trinajstić information content (AvgIpc) is 2.70. The summed E-state index contributed by atoms with van der Waals surface area (Å²) < 4.78 is 28.1. The highest BCUT2D eigenvalue weighted by Crippen LogP contribution is 2.16. The predicted octanol–water partition coefficient (Wildman–Crippen LogP) is 0.371. The Bertz CT molecular complexity index is 363. The SMILES string of the molecule is CCC(C)(NS(=O)(=O)N1CCCC1)C(N)=S. The molecule has 0 bridgehead atoms. The van der Waals surface area contributed by atoms with Gasteiger partial charge in [0.1, 0.15) is 0 Å². The summed E-state index contributed by atoms with van der Waals surface area (Å²) in [7, 11) is -3.46. The summed E-state index contributed by atoms with van der Waals surface area (Å²) in [5.74, 6) is 0. The molecule has 3 N–H and O–H groups in total. The van der Waals surface area contributed by atoms with Crippen molar-refractivity contribution < 1.29 is 8.42 Å². The van der Waals surface area contributed by atoms with Crippen LogP contribution in [0, 0.1) is 0 Å². The molecule has 1 atom stereocenters. The van der Waals surface area contributed by atoms with Gasteiger partial charge in [-0.1, -0.05) is 19.1 Å². The number of hydrogen-bond acceptors (Lipinski definition) is 3. The lowest BCUT2D eigenvalue weighted by molar-refractivity contribution is 0.437. The zero-order chi connectivity index (χ0) is 12.4. The maximum Gasteiger partial charge on any atom is 0.280 e. The summed E-state index contributed by atoms with van der Waals surface area (Å²) in [6.07, 6.45) is 2.36. The Kier molecular flexibility index (Phi) is 4.28. The fourth-order valence-corrected chi connectivity index (χ4v) is 3.53. The quantitative estimate of drug-likeness (QED) is 0.704. The van der Waals surface area contributed by atoms with E-state index >= 15 is 0 Å². The molecule has 0 aromatic rings. The molecule has 0 radical (unpaired) electrons. The summed E-state index contributed by atoms with van der Waals surface area (Å²) >= 11 is 4.90. The van der Waals surface area contributed by atoms with Gasteiger partial charge in [-0.25, -0.2) is 0 Å². The van der Waals surface area contributed by atoms with Crippen LogP contribution in [-0.4, -0.2) is 36.3 Å². The third-order valence-corrected chi connectivity index (χ3v) is 5.21. The van der Waals surface area contributed by atoms with Crippen LogP contribution in [0.3, 0.4) is 0 Å². The van der Waals surface area contributed by atoms with E-state index in [4.69, 9.17) is 18.0 Å². The van der Waals surface area contributed by atoms with Crippen molar-refractivity contribution >= 4 is 27.4 Å². The third-order valence-electron chi connectivity index (χ3n) is 3.01. The molecule has 1 rings (SSSR count). The van der Waals surface area contributed by atoms with Crippen molar-refractivity contribution in [2.45, 2.75) is 38.6 Å². The Balaban J connectivity index is 2.82. The smallest absolute Gasteiger partial charge is 0.280 e. The Morgan fingerprint density at radius 2 is 2.00 bits per heavy atom. The van der Waals surface area contributed by atoms with Crippen molar-refractivity contribution in [2.24, 2.45) is 5.73 Å². The molecule has 0 aliphatic carbocycles. The van der Waals surface area contributed by atoms with Crippen LogP contribution in [0.1, 0.15) is 33.1 Å². The summed E-state index contributed by atoms with van der Waals surface area (Å²) in [5, 5.41) is 0. The topological polar surface area (TPSA) is 75.4 Å². The van der Waals surface area contributed by atoms with E-state index in [1.165, 1.54) is 4.31 Å². The van der Waals surface area contributed by atoms with Crippen molar-refractivity contribution in [1.29, 1.82) is 0 Å². The highest BCUT2D eigenvalue weighted by atomic mass is 32.2. The van der Waals surface area contributed by atoms with Crippen LogP contribution in [0.25, 0.3) is 0 Å². The van der Waals surface area contributed by atoms with Crippen molar-refractivity contribution in [1.82, 2.24) is 9.03 Å². The van der Waals surface area contributed by atoms with Gasteiger partial charge in [-0.15, -0.1) is 0 Å². The van der Waals surface area contributed by atoms with Crippen molar-refractivity contribution in [3.05, 3.63) is 0 Å². The second kappa shape index (κ2) is 4.95. The van der Waals surface area contributed by atoms with Gasteiger partial charge in [0.15, 0.2) is 0 Å². The van der Waals surface area contributed by atoms with E-state index in [0.717, 1.165) is 12.8 Å². The van der Waals surface area contributed by atoms with Crippen molar-refractivity contribution in [3.8, 4) is 0 Å². The predicted molar refractivity (Wildman–Crippen MR) is 68.3 cm³/mol. The largest absolute Gasteiger partial charge is 0.392 e. The molecule has 1 unspecified atom stereocenters. The molecule has 16 heavy (non-hydrogen) atoms. The molecular weight excluding hydrogens is 246 g/mol. The fourth-order valence-electron chi connectivity index (χ4n) is 1.57. The molecule has 1 saturated heterocycles. The Morgan fingerprint density at radius 1 is 1.50 bits per heavy atom. The Labute approximate surface area is 103 Å². The number of rotatable bonds is 5. The molecule has 0 amide bonds. The highest BCUT2D eigenvalue weighted by molar-refractivity contribution is 7.87. The minimum atomic E-state index is -3.46. The lowest BCUT2D eigenvalue weighted by Crippen LogP contribution is -2.57. The van der Waals surface area contributed by atoms with Gasteiger partial charge < -0.3 is 5.73 Å². The zero-order valence-electron chi connectivity index (χ0n) is 9.69. The van der Waals surface area contributed by atoms with E-state index in [0.29, 0.717) is 19.5 Å². The van der Waals surface area contributed by atoms with Gasteiger partial charge in [0.25, 0.3) is 10.2 Å². The molecule has 1 aliphatic rings. The molecule has 0 aromatic heterocycles. The summed E-state index contributed by atoms with van der Waals surface area (Å²) in [6, 6.07) is 0. The van der Waals surface area contributed by atoms with E-state index in [1.807, 2.05) is 6.92 Å². The number of nitrogens with one attached hydrogen (secondary N) is 1. The number of thiocarbonyl (C=S) groups is 1. The molecule has 0 spiro atoms. The second-order valence-corrected chi connectivity index (χ2v) is 6.37. The van der Waals surface area contributed by atoms with Crippen molar-refractivity contribution in [2.75, 3.05) is 13.1 Å². The number of nitrogens with two attached hydrogens (primary N) is 1. The van der Waals surface area contributed by atoms with Crippen LogP contribution in [-0.2, 0) is 10.2 Å². The van der Waals surface area contributed by atoms with Crippen LogP contribution in [0.15, 0.2) is 0 Å². The van der Waals surface area contributed by atoms with E-state index in [9.17, 15) is 8.42 Å². The molecule has 1 fully saturated rings. The number of nitrogens with zero attached hydrogens (tertiary/aromatic N) is 1. The molecule has 0 saturated carbocycles. The first-order valence-electron chi connectivity index (χ1n) is 5.41. The van der Waals surface area contributed by atoms with E-state index in [1.54, 1.807) is 6.92 Å². The van der Waals surface area contributed by atoms with Gasteiger partial charge in [-0.05, 0) is 26.2 Å². The van der Waals surface area contributed by atoms with Crippen molar-refractivity contribution in [3.63, 3.8) is 0 Å². The lowest BCUT2D eigenvalue weighted by atomic mass is 10.0. The van der Waals surface area contributed by atoms with Gasteiger partial charge in [0.2, 0.25) is 0 Å². The Morgan fingerprint density at radius 3 is 2.38 bits per heavy atom. The summed E-state index contributed by atoms with van der Waals surface area (Å²) in [4.78, 5) is 0.178. The van der Waals surface area contributed by atoms with Crippen LogP contribution >= 0.6 is 12.2 Å². The molecule has 0 aromatic carbocycles. The van der Waals surface area contributed by atoms with Gasteiger partial charge in [0, 0.05) is 13.1 Å². The maximum atomic E-state index is 12.0. The molecule has 1 aliphatic heterocycles. The molecule has 7 heteroatoms. The Hall–Kier alpha value is -0.240. The first-order valence-corrected chi connectivity index (χ1v) is 7.25. The average molecular weight is 265 g/mol. The first kappa shape index (κ1) is 13.8. The van der Waals surface area contributed by atoms with E-state index in [-0.39, 0.29) is 4.99 Å². The summed E-state index contributed by atoms with van der Waals surface area (Å²) in [6.45, 7) is 4.72. The van der Waals surface area contributed by atoms with E-state index < -0.39 is 15.7 Å². The minimum Gasteiger partial charge on any atom is -0.392 e. The maximum absolute atomic E-state index is 12.0. The van der Waals surface area contributed by atoms with E-state index in [2.05, 4.69) is 4.72 Å². The van der Waals surface area contributed by atoms with Gasteiger partial charge in [-0.2, -0.15) is 17.4 Å². The number of hydrogen-bond donors (Lipinski definition) is 2. The third kappa shape index (κ3) is 2.91. The van der Waals surface area contributed by atoms with Gasteiger partial charge in [0.05, 0.1) is 10.5 Å². The second-order valence-electron chi connectivity index (χ2n) is 4.26. The first-order chi connectivity index (χ1) is 7.32. The summed E-state index contributed by atoms with van der Waals surface area (Å²) in [5.41, 5.74) is 4.74. The fraction of sp³-hybridized carbons (Fsp3) is 0.889. The standard InChI is InChI=1S/C9H19N3O2S2/c1-3-9(2,8(10)15)11-16(13,14)12-6-4-5-7-12/h11H,3-7H2,1-2H3,(H2,10,15). The van der Waals surface area contributed by atoms with Gasteiger partial charge >= 0.3 is 0 Å². The van der Waals surface area contributed by atoms with Crippen LogP contribution < -0.4 is 10.5 Å². The normalized spacial score (nSPS) is 21.9.